The fourth-order valence-electron chi connectivity index (χ4n) is 1.64. The number of benzene rings is 1. The lowest BCUT2D eigenvalue weighted by atomic mass is 10.0. The van der Waals surface area contributed by atoms with Crippen LogP contribution in [0, 0.1) is 19.7 Å². The molecule has 4 heteroatoms. The summed E-state index contributed by atoms with van der Waals surface area (Å²) < 4.78 is 14.3. The van der Waals surface area contributed by atoms with Crippen molar-refractivity contribution in [1.29, 1.82) is 0 Å². The minimum atomic E-state index is -0.291. The van der Waals surface area contributed by atoms with Gasteiger partial charge in [0.25, 0.3) is 0 Å². The zero-order chi connectivity index (χ0) is 12.6. The first kappa shape index (κ1) is 13.1. The maximum Gasteiger partial charge on any atom is 0.123 e. The van der Waals surface area contributed by atoms with E-state index in [0.29, 0.717) is 0 Å². The summed E-state index contributed by atoms with van der Waals surface area (Å²) in [5.41, 5.74) is 1.84. The predicted molar refractivity (Wildman–Crippen MR) is 75.6 cm³/mol. The van der Waals surface area contributed by atoms with E-state index in [0.717, 1.165) is 20.5 Å². The van der Waals surface area contributed by atoms with Crippen molar-refractivity contribution >= 4 is 38.9 Å². The summed E-state index contributed by atoms with van der Waals surface area (Å²) in [4.78, 5) is 2.21. The molecule has 1 unspecified atom stereocenters. The molecule has 1 aromatic carbocycles. The number of aryl methyl sites for hydroxylation is 2. The lowest BCUT2D eigenvalue weighted by Crippen LogP contribution is -1.95. The molecule has 0 saturated carbocycles. The van der Waals surface area contributed by atoms with Gasteiger partial charge >= 0.3 is 0 Å². The fraction of sp³-hybridized carbons (Fsp3) is 0.231. The van der Waals surface area contributed by atoms with Gasteiger partial charge in [-0.05, 0) is 59.1 Å². The quantitative estimate of drug-likeness (QED) is 0.628. The Labute approximate surface area is 118 Å². The van der Waals surface area contributed by atoms with Gasteiger partial charge in [-0.3, -0.25) is 0 Å². The van der Waals surface area contributed by atoms with Crippen LogP contribution in [-0.4, -0.2) is 0 Å². The molecule has 0 aliphatic rings. The molecule has 1 atom stereocenters. The van der Waals surface area contributed by atoms with Gasteiger partial charge in [0.05, 0.1) is 5.38 Å². The van der Waals surface area contributed by atoms with Crippen molar-refractivity contribution < 1.29 is 4.39 Å². The van der Waals surface area contributed by atoms with E-state index in [-0.39, 0.29) is 11.2 Å². The van der Waals surface area contributed by atoms with Gasteiger partial charge in [0.15, 0.2) is 0 Å². The summed E-state index contributed by atoms with van der Waals surface area (Å²) in [6.07, 6.45) is 0. The summed E-state index contributed by atoms with van der Waals surface area (Å²) >= 11 is 11.5. The van der Waals surface area contributed by atoms with E-state index in [4.69, 9.17) is 11.6 Å². The first-order valence-electron chi connectivity index (χ1n) is 5.15. The van der Waals surface area contributed by atoms with E-state index in [2.05, 4.69) is 15.9 Å². The van der Waals surface area contributed by atoms with E-state index in [1.165, 1.54) is 17.0 Å². The van der Waals surface area contributed by atoms with Gasteiger partial charge in [-0.1, -0.05) is 6.07 Å². The van der Waals surface area contributed by atoms with Gasteiger partial charge in [-0.25, -0.2) is 4.39 Å². The number of thiophene rings is 1. The third-order valence-corrected chi connectivity index (χ3v) is 5.44. The monoisotopic (exact) mass is 332 g/mol. The number of alkyl halides is 1. The smallest absolute Gasteiger partial charge is 0.123 e. The van der Waals surface area contributed by atoms with Crippen molar-refractivity contribution in [3.05, 3.63) is 55.4 Å². The molecule has 17 heavy (non-hydrogen) atoms. The molecule has 0 aliphatic heterocycles. The molecular weight excluding hydrogens is 323 g/mol. The molecule has 1 aromatic heterocycles. The van der Waals surface area contributed by atoms with Crippen molar-refractivity contribution in [2.24, 2.45) is 0 Å². The molecule has 90 valence electrons. The van der Waals surface area contributed by atoms with Crippen molar-refractivity contribution in [2.45, 2.75) is 19.2 Å². The summed E-state index contributed by atoms with van der Waals surface area (Å²) in [5.74, 6) is -0.247. The van der Waals surface area contributed by atoms with E-state index in [1.807, 2.05) is 19.9 Å². The second kappa shape index (κ2) is 5.09. The molecule has 0 nitrogen and oxygen atoms in total. The Morgan fingerprint density at radius 1 is 1.29 bits per heavy atom. The Kier molecular flexibility index (Phi) is 3.91. The average Bonchev–Trinajstić information content (AvgIpc) is 2.62. The SMILES string of the molecule is Cc1ccc(F)cc1C(Cl)c1cc(Br)c(C)s1. The van der Waals surface area contributed by atoms with Crippen LogP contribution in [0.5, 0.6) is 0 Å². The van der Waals surface area contributed by atoms with Crippen LogP contribution in [0.1, 0.15) is 26.3 Å². The molecule has 0 saturated heterocycles. The normalized spacial score (nSPS) is 12.8. The molecular formula is C13H11BrClFS. The molecule has 0 fully saturated rings. The molecule has 1 heterocycles. The van der Waals surface area contributed by atoms with Gasteiger partial charge < -0.3 is 0 Å². The van der Waals surface area contributed by atoms with Crippen LogP contribution in [0.25, 0.3) is 0 Å². The van der Waals surface area contributed by atoms with Crippen molar-refractivity contribution in [3.63, 3.8) is 0 Å². The van der Waals surface area contributed by atoms with Crippen LogP contribution < -0.4 is 0 Å². The lowest BCUT2D eigenvalue weighted by Gasteiger charge is -2.11. The molecule has 0 bridgehead atoms. The van der Waals surface area contributed by atoms with Crippen LogP contribution in [0.3, 0.4) is 0 Å². The lowest BCUT2D eigenvalue weighted by molar-refractivity contribution is 0.625. The van der Waals surface area contributed by atoms with Gasteiger partial charge in [-0.2, -0.15) is 0 Å². The number of hydrogen-bond acceptors (Lipinski definition) is 1. The fourth-order valence-corrected chi connectivity index (χ4v) is 3.63. The van der Waals surface area contributed by atoms with Crippen molar-refractivity contribution in [3.8, 4) is 0 Å². The summed E-state index contributed by atoms with van der Waals surface area (Å²) in [6, 6.07) is 6.73. The maximum atomic E-state index is 13.2. The first-order valence-corrected chi connectivity index (χ1v) is 7.19. The highest BCUT2D eigenvalue weighted by Crippen LogP contribution is 2.38. The van der Waals surface area contributed by atoms with Crippen LogP contribution in [-0.2, 0) is 0 Å². The maximum absolute atomic E-state index is 13.2. The van der Waals surface area contributed by atoms with Gasteiger partial charge in [-0.15, -0.1) is 22.9 Å². The summed E-state index contributed by atoms with van der Waals surface area (Å²) in [6.45, 7) is 3.97. The van der Waals surface area contributed by atoms with Crippen molar-refractivity contribution in [2.75, 3.05) is 0 Å². The first-order chi connectivity index (χ1) is 7.99. The van der Waals surface area contributed by atoms with Crippen LogP contribution in [0.4, 0.5) is 4.39 Å². The third kappa shape index (κ3) is 2.72. The zero-order valence-corrected chi connectivity index (χ0v) is 12.6. The topological polar surface area (TPSA) is 0 Å². The van der Waals surface area contributed by atoms with Crippen LogP contribution in [0.15, 0.2) is 28.7 Å². The molecule has 0 amide bonds. The van der Waals surface area contributed by atoms with E-state index >= 15 is 0 Å². The van der Waals surface area contributed by atoms with E-state index in [9.17, 15) is 4.39 Å². The highest BCUT2D eigenvalue weighted by Gasteiger charge is 2.17. The van der Waals surface area contributed by atoms with Crippen molar-refractivity contribution in [1.82, 2.24) is 0 Å². The van der Waals surface area contributed by atoms with E-state index in [1.54, 1.807) is 17.4 Å². The Balaban J connectivity index is 2.42. The van der Waals surface area contributed by atoms with Crippen LogP contribution in [0.2, 0.25) is 0 Å². The Morgan fingerprint density at radius 3 is 2.59 bits per heavy atom. The van der Waals surface area contributed by atoms with Gasteiger partial charge in [0, 0.05) is 14.2 Å². The molecule has 2 aromatic rings. The largest absolute Gasteiger partial charge is 0.207 e. The number of halogens is 3. The highest BCUT2D eigenvalue weighted by molar-refractivity contribution is 9.10. The minimum Gasteiger partial charge on any atom is -0.207 e. The highest BCUT2D eigenvalue weighted by atomic mass is 79.9. The summed E-state index contributed by atoms with van der Waals surface area (Å²) in [7, 11) is 0. The third-order valence-electron chi connectivity index (χ3n) is 2.64. The predicted octanol–water partition coefficient (Wildman–Crippen LogP) is 5.59. The van der Waals surface area contributed by atoms with E-state index < -0.39 is 0 Å². The second-order valence-electron chi connectivity index (χ2n) is 3.92. The van der Waals surface area contributed by atoms with Gasteiger partial charge in [0.1, 0.15) is 5.82 Å². The molecule has 0 aliphatic carbocycles. The van der Waals surface area contributed by atoms with Crippen LogP contribution >= 0.6 is 38.9 Å². The minimum absolute atomic E-state index is 0.247. The Bertz CT molecular complexity index is 531. The molecule has 2 rings (SSSR count). The van der Waals surface area contributed by atoms with Gasteiger partial charge in [0.2, 0.25) is 0 Å². The number of rotatable bonds is 2. The number of hydrogen-bond donors (Lipinski definition) is 0. The molecule has 0 radical (unpaired) electrons. The standard InChI is InChI=1S/C13H11BrClFS/c1-7-3-4-9(16)5-10(7)13(15)12-6-11(14)8(2)17-12/h3-6,13H,1-2H3. The summed E-state index contributed by atoms with van der Waals surface area (Å²) in [5, 5.41) is -0.291. The Hall–Kier alpha value is -0.380. The molecule has 0 N–H and O–H groups in total. The second-order valence-corrected chi connectivity index (χ2v) is 6.50. The Morgan fingerprint density at radius 2 is 2.00 bits per heavy atom. The average molecular weight is 334 g/mol. The zero-order valence-electron chi connectivity index (χ0n) is 9.43. The molecule has 0 spiro atoms.